The van der Waals surface area contributed by atoms with Crippen LogP contribution in [0.5, 0.6) is 0 Å². The Bertz CT molecular complexity index is 360. The number of aromatic nitrogens is 1. The number of nitriles is 2. The van der Waals surface area contributed by atoms with Gasteiger partial charge in [0.15, 0.2) is 0 Å². The fraction of sp³-hybridized carbons (Fsp3) is 0.333. The first-order valence-electron chi connectivity index (χ1n) is 3.71. The lowest BCUT2D eigenvalue weighted by Gasteiger charge is -2.06. The molecule has 0 amide bonds. The molecule has 3 heteroatoms. The Morgan fingerprint density at radius 1 is 1.33 bits per heavy atom. The van der Waals surface area contributed by atoms with E-state index in [-0.39, 0.29) is 6.04 Å². The van der Waals surface area contributed by atoms with Crippen LogP contribution in [0.15, 0.2) is 12.3 Å². The molecule has 1 heterocycles. The number of nitrogens with zero attached hydrogens (tertiary/aromatic N) is 3. The van der Waals surface area contributed by atoms with Crippen LogP contribution in [0.4, 0.5) is 0 Å². The average molecular weight is 159 g/mol. The lowest BCUT2D eigenvalue weighted by Crippen LogP contribution is -2.00. The summed E-state index contributed by atoms with van der Waals surface area (Å²) in [6.07, 6.45) is 1.70. The first-order chi connectivity index (χ1) is 5.69. The van der Waals surface area contributed by atoms with Crippen molar-refractivity contribution in [1.82, 2.24) is 4.57 Å². The van der Waals surface area contributed by atoms with Crippen LogP contribution in [0.2, 0.25) is 0 Å². The van der Waals surface area contributed by atoms with E-state index in [0.717, 1.165) is 0 Å². The van der Waals surface area contributed by atoms with E-state index >= 15 is 0 Å². The third-order valence-electron chi connectivity index (χ3n) is 1.65. The van der Waals surface area contributed by atoms with Crippen molar-refractivity contribution in [3.8, 4) is 12.1 Å². The zero-order valence-corrected chi connectivity index (χ0v) is 7.07. The van der Waals surface area contributed by atoms with Gasteiger partial charge in [0.1, 0.15) is 17.8 Å². The topological polar surface area (TPSA) is 52.5 Å². The maximum Gasteiger partial charge on any atom is 0.121 e. The first-order valence-corrected chi connectivity index (χ1v) is 3.71. The summed E-state index contributed by atoms with van der Waals surface area (Å²) in [5, 5.41) is 17.3. The second-order valence-corrected chi connectivity index (χ2v) is 2.84. The van der Waals surface area contributed by atoms with Crippen molar-refractivity contribution >= 4 is 0 Å². The Balaban J connectivity index is 3.22. The molecule has 12 heavy (non-hydrogen) atoms. The highest BCUT2D eigenvalue weighted by Gasteiger charge is 2.06. The molecule has 0 atom stereocenters. The number of hydrogen-bond donors (Lipinski definition) is 0. The molecule has 1 aromatic rings. The molecule has 0 saturated carbocycles. The van der Waals surface area contributed by atoms with Crippen LogP contribution in [-0.2, 0) is 0 Å². The maximum absolute atomic E-state index is 8.70. The third kappa shape index (κ3) is 1.31. The molecule has 0 spiro atoms. The Kier molecular flexibility index (Phi) is 2.16. The van der Waals surface area contributed by atoms with Crippen LogP contribution < -0.4 is 0 Å². The molecule has 0 aliphatic carbocycles. The molecule has 1 rings (SSSR count). The lowest BCUT2D eigenvalue weighted by molar-refractivity contribution is 0.597. The monoisotopic (exact) mass is 159 g/mol. The van der Waals surface area contributed by atoms with Crippen LogP contribution in [0, 0.1) is 22.7 Å². The van der Waals surface area contributed by atoms with Gasteiger partial charge in [-0.2, -0.15) is 10.5 Å². The van der Waals surface area contributed by atoms with Crippen molar-refractivity contribution in [2.45, 2.75) is 19.9 Å². The fourth-order valence-electron chi connectivity index (χ4n) is 1.06. The Morgan fingerprint density at radius 2 is 2.00 bits per heavy atom. The highest BCUT2D eigenvalue weighted by Crippen LogP contribution is 2.12. The van der Waals surface area contributed by atoms with Crippen LogP contribution in [0.3, 0.4) is 0 Å². The van der Waals surface area contributed by atoms with Crippen LogP contribution in [0.1, 0.15) is 31.1 Å². The van der Waals surface area contributed by atoms with Gasteiger partial charge in [-0.3, -0.25) is 0 Å². The van der Waals surface area contributed by atoms with E-state index in [0.29, 0.717) is 11.3 Å². The summed E-state index contributed by atoms with van der Waals surface area (Å²) in [5.74, 6) is 0. The Morgan fingerprint density at radius 3 is 2.33 bits per heavy atom. The minimum Gasteiger partial charge on any atom is -0.336 e. The summed E-state index contributed by atoms with van der Waals surface area (Å²) in [6.45, 7) is 3.95. The molecule has 0 fully saturated rings. The summed E-state index contributed by atoms with van der Waals surface area (Å²) in [7, 11) is 0. The molecule has 0 radical (unpaired) electrons. The van der Waals surface area contributed by atoms with Gasteiger partial charge in [-0.25, -0.2) is 0 Å². The predicted molar refractivity (Wildman–Crippen MR) is 44.2 cm³/mol. The third-order valence-corrected chi connectivity index (χ3v) is 1.65. The zero-order chi connectivity index (χ0) is 9.14. The van der Waals surface area contributed by atoms with Crippen molar-refractivity contribution < 1.29 is 0 Å². The van der Waals surface area contributed by atoms with Gasteiger partial charge in [0.25, 0.3) is 0 Å². The summed E-state index contributed by atoms with van der Waals surface area (Å²) in [5.41, 5.74) is 1.09. The Hall–Kier alpha value is -1.74. The largest absolute Gasteiger partial charge is 0.336 e. The summed E-state index contributed by atoms with van der Waals surface area (Å²) < 4.78 is 1.79. The minimum atomic E-state index is 0.224. The maximum atomic E-state index is 8.70. The van der Waals surface area contributed by atoms with E-state index in [1.54, 1.807) is 16.8 Å². The molecule has 60 valence electrons. The van der Waals surface area contributed by atoms with Crippen molar-refractivity contribution in [1.29, 1.82) is 10.5 Å². The van der Waals surface area contributed by atoms with E-state index in [2.05, 4.69) is 0 Å². The van der Waals surface area contributed by atoms with Crippen LogP contribution >= 0.6 is 0 Å². The molecule has 0 N–H and O–H groups in total. The molecule has 1 aromatic heterocycles. The van der Waals surface area contributed by atoms with Gasteiger partial charge < -0.3 is 4.57 Å². The van der Waals surface area contributed by atoms with Gasteiger partial charge in [-0.15, -0.1) is 0 Å². The van der Waals surface area contributed by atoms with Gasteiger partial charge >= 0.3 is 0 Å². The van der Waals surface area contributed by atoms with E-state index < -0.39 is 0 Å². The molecule has 0 unspecified atom stereocenters. The van der Waals surface area contributed by atoms with E-state index in [1.807, 2.05) is 26.0 Å². The van der Waals surface area contributed by atoms with E-state index in [1.165, 1.54) is 0 Å². The molecular weight excluding hydrogens is 150 g/mol. The molecule has 0 bridgehead atoms. The summed E-state index contributed by atoms with van der Waals surface area (Å²) in [6, 6.07) is 5.87. The molecule has 3 nitrogen and oxygen atoms in total. The standard InChI is InChI=1S/C9H9N3/c1-7(2)12-6-8(4-10)3-9(12)5-11/h3,6-7H,1-2H3. The SMILES string of the molecule is CC(C)n1cc(C#N)cc1C#N. The van der Waals surface area contributed by atoms with Crippen LogP contribution in [-0.4, -0.2) is 4.57 Å². The first kappa shape index (κ1) is 8.36. The molecule has 0 aromatic carbocycles. The van der Waals surface area contributed by atoms with Gasteiger partial charge in [-0.05, 0) is 19.9 Å². The van der Waals surface area contributed by atoms with Crippen LogP contribution in [0.25, 0.3) is 0 Å². The van der Waals surface area contributed by atoms with E-state index in [4.69, 9.17) is 10.5 Å². The highest BCUT2D eigenvalue weighted by atomic mass is 15.0. The van der Waals surface area contributed by atoms with Gasteiger partial charge in [0, 0.05) is 12.2 Å². The Labute approximate surface area is 71.5 Å². The molecule has 0 aliphatic heterocycles. The van der Waals surface area contributed by atoms with Gasteiger partial charge in [0.2, 0.25) is 0 Å². The second kappa shape index (κ2) is 3.11. The highest BCUT2D eigenvalue weighted by molar-refractivity contribution is 5.36. The summed E-state index contributed by atoms with van der Waals surface area (Å²) >= 11 is 0. The van der Waals surface area contributed by atoms with Gasteiger partial charge in [0.05, 0.1) is 5.56 Å². The lowest BCUT2D eigenvalue weighted by atomic mass is 10.3. The number of rotatable bonds is 1. The normalized spacial score (nSPS) is 9.42. The smallest absolute Gasteiger partial charge is 0.121 e. The average Bonchev–Trinajstić information content (AvgIpc) is 2.47. The zero-order valence-electron chi connectivity index (χ0n) is 7.07. The quantitative estimate of drug-likeness (QED) is 0.627. The fourth-order valence-corrected chi connectivity index (χ4v) is 1.06. The van der Waals surface area contributed by atoms with Gasteiger partial charge in [-0.1, -0.05) is 0 Å². The second-order valence-electron chi connectivity index (χ2n) is 2.84. The van der Waals surface area contributed by atoms with Crippen molar-refractivity contribution in [2.24, 2.45) is 0 Å². The number of hydrogen-bond acceptors (Lipinski definition) is 2. The molecule has 0 aliphatic rings. The van der Waals surface area contributed by atoms with Crippen molar-refractivity contribution in [3.63, 3.8) is 0 Å². The van der Waals surface area contributed by atoms with Crippen molar-refractivity contribution in [2.75, 3.05) is 0 Å². The molecule has 0 saturated heterocycles. The predicted octanol–water partition coefficient (Wildman–Crippen LogP) is 1.81. The minimum absolute atomic E-state index is 0.224. The molecular formula is C9H9N3. The van der Waals surface area contributed by atoms with E-state index in [9.17, 15) is 0 Å². The summed E-state index contributed by atoms with van der Waals surface area (Å²) in [4.78, 5) is 0. The van der Waals surface area contributed by atoms with Crippen molar-refractivity contribution in [3.05, 3.63) is 23.5 Å².